The number of nitrogens with one attached hydrogen (secondary N) is 2. The van der Waals surface area contributed by atoms with Crippen LogP contribution in [0.3, 0.4) is 0 Å². The number of nitrogens with zero attached hydrogens (tertiary/aromatic N) is 1. The normalized spacial score (nSPS) is 18.9. The van der Waals surface area contributed by atoms with Crippen molar-refractivity contribution in [3.63, 3.8) is 0 Å². The Morgan fingerprint density at radius 3 is 2.54 bits per heavy atom. The van der Waals surface area contributed by atoms with Gasteiger partial charge in [-0.15, -0.1) is 11.3 Å². The number of hydrogen-bond donors (Lipinski definition) is 2. The van der Waals surface area contributed by atoms with E-state index in [0.717, 1.165) is 47.3 Å². The van der Waals surface area contributed by atoms with Crippen LogP contribution in [-0.4, -0.2) is 35.3 Å². The van der Waals surface area contributed by atoms with Gasteiger partial charge in [0.05, 0.1) is 15.4 Å². The van der Waals surface area contributed by atoms with Crippen molar-refractivity contribution in [3.8, 4) is 10.4 Å². The number of amides is 1. The highest BCUT2D eigenvalue weighted by Gasteiger charge is 2.37. The number of rotatable bonds is 7. The molecule has 0 spiro atoms. The maximum atomic E-state index is 14.1. The molecule has 0 radical (unpaired) electrons. The topological polar surface area (TPSA) is 71.1 Å². The molecule has 1 amide bonds. The lowest BCUT2D eigenvalue weighted by molar-refractivity contribution is -0.137. The number of hydrogen-bond acceptors (Lipinski definition) is 5. The van der Waals surface area contributed by atoms with Crippen LogP contribution in [0, 0.1) is 0 Å². The monoisotopic (exact) mass is 591 g/mol. The summed E-state index contributed by atoms with van der Waals surface area (Å²) in [5, 5.41) is 7.01. The molecule has 2 heterocycles. The van der Waals surface area contributed by atoms with Crippen LogP contribution in [0.4, 0.5) is 13.2 Å². The highest BCUT2D eigenvalue weighted by atomic mass is 79.9. The first-order chi connectivity index (χ1) is 17.7. The van der Waals surface area contributed by atoms with Crippen LogP contribution >= 0.6 is 27.3 Å². The number of Topliss-reactive ketones (excluding diaryl/α,β-unsaturated/α-hetero) is 1. The molecule has 2 unspecified atom stereocenters. The van der Waals surface area contributed by atoms with Gasteiger partial charge in [-0.25, -0.2) is 4.98 Å². The number of thiazole rings is 1. The fourth-order valence-electron chi connectivity index (χ4n) is 4.55. The van der Waals surface area contributed by atoms with E-state index in [0.29, 0.717) is 29.0 Å². The Balaban J connectivity index is 1.53. The Labute approximate surface area is 225 Å². The molecule has 194 valence electrons. The third-order valence-corrected chi connectivity index (χ3v) is 8.42. The Morgan fingerprint density at radius 2 is 1.86 bits per heavy atom. The van der Waals surface area contributed by atoms with E-state index >= 15 is 0 Å². The molecular weight excluding hydrogens is 567 g/mol. The number of carbonyl (C=O) groups is 2. The summed E-state index contributed by atoms with van der Waals surface area (Å²) in [6, 6.07) is 10.7. The summed E-state index contributed by atoms with van der Waals surface area (Å²) in [6.45, 7) is 0.714. The molecule has 2 aliphatic rings. The van der Waals surface area contributed by atoms with Crippen LogP contribution in [0.1, 0.15) is 69.4 Å². The van der Waals surface area contributed by atoms with Crippen LogP contribution in [0.2, 0.25) is 0 Å². The summed E-state index contributed by atoms with van der Waals surface area (Å²) in [5.74, 6) is -0.567. The van der Waals surface area contributed by atoms with Gasteiger partial charge in [0, 0.05) is 22.0 Å². The number of piperidine rings is 1. The lowest BCUT2D eigenvalue weighted by atomic mass is 9.92. The zero-order valence-electron chi connectivity index (χ0n) is 19.8. The number of aromatic nitrogens is 1. The molecule has 37 heavy (non-hydrogen) atoms. The quantitative estimate of drug-likeness (QED) is 0.304. The van der Waals surface area contributed by atoms with Gasteiger partial charge in [-0.1, -0.05) is 40.5 Å². The van der Waals surface area contributed by atoms with Crippen molar-refractivity contribution < 1.29 is 22.8 Å². The smallest absolute Gasteiger partial charge is 0.340 e. The molecule has 1 saturated carbocycles. The average Bonchev–Trinajstić information content (AvgIpc) is 3.65. The number of halogens is 4. The van der Waals surface area contributed by atoms with Gasteiger partial charge in [0.15, 0.2) is 0 Å². The van der Waals surface area contributed by atoms with Gasteiger partial charge >= 0.3 is 6.18 Å². The van der Waals surface area contributed by atoms with E-state index in [-0.39, 0.29) is 17.7 Å². The van der Waals surface area contributed by atoms with Crippen molar-refractivity contribution in [1.82, 2.24) is 15.6 Å². The molecule has 1 aliphatic carbocycles. The largest absolute Gasteiger partial charge is 0.416 e. The SMILES string of the molecule is O=C(NC(C(=O)c1nc(C2CC2)sc1-c1cccc(C(F)(F)F)c1)C1CCCCN1)c1cccc(Br)c1. The summed E-state index contributed by atoms with van der Waals surface area (Å²) < 4.78 is 41.1. The van der Waals surface area contributed by atoms with Crippen molar-refractivity contribution >= 4 is 39.0 Å². The molecular formula is C27H25BrF3N3O2S. The molecule has 5 nitrogen and oxygen atoms in total. The van der Waals surface area contributed by atoms with E-state index in [1.807, 2.05) is 0 Å². The molecule has 1 saturated heterocycles. The highest BCUT2D eigenvalue weighted by Crippen LogP contribution is 2.45. The summed E-state index contributed by atoms with van der Waals surface area (Å²) in [7, 11) is 0. The second-order valence-electron chi connectivity index (χ2n) is 9.46. The molecule has 2 atom stereocenters. The van der Waals surface area contributed by atoms with E-state index in [1.165, 1.54) is 17.4 Å². The van der Waals surface area contributed by atoms with Crippen LogP contribution in [0.5, 0.6) is 0 Å². The molecule has 1 aromatic heterocycles. The number of benzene rings is 2. The fourth-order valence-corrected chi connectivity index (χ4v) is 6.19. The first-order valence-electron chi connectivity index (χ1n) is 12.2. The summed E-state index contributed by atoms with van der Waals surface area (Å²) in [6.07, 6.45) is -0.0642. The molecule has 5 rings (SSSR count). The Kier molecular flexibility index (Phi) is 7.51. The number of alkyl halides is 3. The van der Waals surface area contributed by atoms with E-state index in [4.69, 9.17) is 0 Å². The lowest BCUT2D eigenvalue weighted by Gasteiger charge is -2.31. The van der Waals surface area contributed by atoms with Gasteiger partial charge < -0.3 is 10.6 Å². The molecule has 3 aromatic rings. The molecule has 2 aromatic carbocycles. The van der Waals surface area contributed by atoms with Crippen molar-refractivity contribution in [2.75, 3.05) is 6.54 Å². The number of carbonyl (C=O) groups excluding carboxylic acids is 2. The zero-order chi connectivity index (χ0) is 26.2. The minimum Gasteiger partial charge on any atom is -0.340 e. The third-order valence-electron chi connectivity index (χ3n) is 6.66. The maximum Gasteiger partial charge on any atom is 0.416 e. The predicted molar refractivity (Wildman–Crippen MR) is 140 cm³/mol. The van der Waals surface area contributed by atoms with Gasteiger partial charge in [0.2, 0.25) is 5.78 Å². The lowest BCUT2D eigenvalue weighted by Crippen LogP contribution is -2.55. The maximum absolute atomic E-state index is 14.1. The standard InChI is InChI=1S/C27H25BrF3N3O2S/c28-19-8-4-6-17(14-19)25(36)33-21(20-9-1-2-12-32-20)23(35)22-24(37-26(34-22)15-10-11-15)16-5-3-7-18(13-16)27(29,30)31/h3-8,13-15,20-21,32H,1-2,9-12H2,(H,33,36). The Bertz CT molecular complexity index is 1320. The molecule has 2 N–H and O–H groups in total. The van der Waals surface area contributed by atoms with Crippen LogP contribution in [0.25, 0.3) is 10.4 Å². The number of ketones is 1. The Hall–Kier alpha value is -2.56. The third kappa shape index (κ3) is 5.97. The average molecular weight is 592 g/mol. The molecule has 0 bridgehead atoms. The highest BCUT2D eigenvalue weighted by molar-refractivity contribution is 9.10. The molecule has 1 aliphatic heterocycles. The van der Waals surface area contributed by atoms with Crippen molar-refractivity contribution in [2.24, 2.45) is 0 Å². The molecule has 2 fully saturated rings. The van der Waals surface area contributed by atoms with Crippen LogP contribution in [0.15, 0.2) is 53.0 Å². The van der Waals surface area contributed by atoms with Gasteiger partial charge in [0.25, 0.3) is 5.91 Å². The van der Waals surface area contributed by atoms with Gasteiger partial charge in [0.1, 0.15) is 11.7 Å². The van der Waals surface area contributed by atoms with Gasteiger partial charge in [-0.2, -0.15) is 13.2 Å². The van der Waals surface area contributed by atoms with Crippen LogP contribution < -0.4 is 10.6 Å². The van der Waals surface area contributed by atoms with Crippen LogP contribution in [-0.2, 0) is 6.18 Å². The summed E-state index contributed by atoms with van der Waals surface area (Å²) >= 11 is 4.64. The summed E-state index contributed by atoms with van der Waals surface area (Å²) in [5.41, 5.74) is 0.0469. The second kappa shape index (κ2) is 10.7. The summed E-state index contributed by atoms with van der Waals surface area (Å²) in [4.78, 5) is 32.3. The van der Waals surface area contributed by atoms with Gasteiger partial charge in [-0.05, 0) is 68.1 Å². The van der Waals surface area contributed by atoms with E-state index in [2.05, 4.69) is 31.5 Å². The minimum atomic E-state index is -4.50. The van der Waals surface area contributed by atoms with E-state index < -0.39 is 29.5 Å². The first kappa shape index (κ1) is 26.1. The fraction of sp³-hybridized carbons (Fsp3) is 0.370. The minimum absolute atomic E-state index is 0.123. The second-order valence-corrected chi connectivity index (χ2v) is 11.4. The van der Waals surface area contributed by atoms with Crippen molar-refractivity contribution in [3.05, 3.63) is 74.8 Å². The zero-order valence-corrected chi connectivity index (χ0v) is 22.2. The van der Waals surface area contributed by atoms with Crippen molar-refractivity contribution in [1.29, 1.82) is 0 Å². The van der Waals surface area contributed by atoms with E-state index in [1.54, 1.807) is 30.3 Å². The van der Waals surface area contributed by atoms with E-state index in [9.17, 15) is 22.8 Å². The molecule has 10 heteroatoms. The van der Waals surface area contributed by atoms with Crippen molar-refractivity contribution in [2.45, 2.75) is 56.3 Å². The van der Waals surface area contributed by atoms with Gasteiger partial charge in [-0.3, -0.25) is 9.59 Å². The Morgan fingerprint density at radius 1 is 1.08 bits per heavy atom. The predicted octanol–water partition coefficient (Wildman–Crippen LogP) is 6.59. The first-order valence-corrected chi connectivity index (χ1v) is 13.8.